The average molecular weight is 565 g/mol. The maximum absolute atomic E-state index is 13.6. The molecule has 0 radical (unpaired) electrons. The molecule has 218 valence electrons. The Morgan fingerprint density at radius 3 is 2.18 bits per heavy atom. The zero-order valence-corrected chi connectivity index (χ0v) is 24.3. The number of methoxy groups -OCH3 is 1. The molecule has 0 saturated heterocycles. The van der Waals surface area contributed by atoms with Crippen molar-refractivity contribution in [1.29, 1.82) is 0 Å². The van der Waals surface area contributed by atoms with Crippen LogP contribution in [-0.2, 0) is 26.7 Å². The lowest BCUT2D eigenvalue weighted by Crippen LogP contribution is -2.49. The Hall–Kier alpha value is -2.42. The van der Waals surface area contributed by atoms with Gasteiger partial charge in [0.05, 0.1) is 25.9 Å². The average Bonchev–Trinajstić information content (AvgIpc) is 2.93. The van der Waals surface area contributed by atoms with Crippen molar-refractivity contribution in [3.8, 4) is 11.5 Å². The summed E-state index contributed by atoms with van der Waals surface area (Å²) in [6.07, 6.45) is 9.31. The fourth-order valence-electron chi connectivity index (χ4n) is 4.09. The van der Waals surface area contributed by atoms with Crippen molar-refractivity contribution in [1.82, 2.24) is 5.09 Å². The summed E-state index contributed by atoms with van der Waals surface area (Å²) in [4.78, 5) is 11.4. The van der Waals surface area contributed by atoms with Crippen molar-refractivity contribution < 1.29 is 33.4 Å². The summed E-state index contributed by atoms with van der Waals surface area (Å²) in [5.41, 5.74) is 7.68. The zero-order valence-electron chi connectivity index (χ0n) is 23.4. The smallest absolute Gasteiger partial charge is 0.459 e. The van der Waals surface area contributed by atoms with E-state index < -0.39 is 31.9 Å². The third kappa shape index (κ3) is 11.7. The molecule has 0 heterocycles. The number of aliphatic carboxylic acids is 1. The first-order chi connectivity index (χ1) is 18.6. The van der Waals surface area contributed by atoms with Crippen molar-refractivity contribution in [2.75, 3.05) is 20.3 Å². The van der Waals surface area contributed by atoms with Gasteiger partial charge >= 0.3 is 13.7 Å². The van der Waals surface area contributed by atoms with Crippen molar-refractivity contribution in [3.63, 3.8) is 0 Å². The van der Waals surface area contributed by atoms with Gasteiger partial charge in [0.1, 0.15) is 17.5 Å². The van der Waals surface area contributed by atoms with Gasteiger partial charge in [-0.25, -0.2) is 4.57 Å². The van der Waals surface area contributed by atoms with E-state index >= 15 is 0 Å². The molecule has 0 aromatic heterocycles. The molecular formula is C29H45N2O7P. The maximum atomic E-state index is 13.6. The van der Waals surface area contributed by atoms with Crippen LogP contribution in [0.3, 0.4) is 0 Å². The lowest BCUT2D eigenvalue weighted by atomic mass is 9.91. The van der Waals surface area contributed by atoms with E-state index in [9.17, 15) is 19.6 Å². The second-order valence-electron chi connectivity index (χ2n) is 10.0. The van der Waals surface area contributed by atoms with Gasteiger partial charge in [0, 0.05) is 0 Å². The van der Waals surface area contributed by atoms with Crippen LogP contribution in [0.5, 0.6) is 11.5 Å². The first-order valence-corrected chi connectivity index (χ1v) is 15.2. The molecule has 2 unspecified atom stereocenters. The van der Waals surface area contributed by atoms with Crippen molar-refractivity contribution in [3.05, 3.63) is 59.7 Å². The molecule has 2 aromatic rings. The molecule has 5 N–H and O–H groups in total. The highest BCUT2D eigenvalue weighted by atomic mass is 31.2. The number of carboxylic acids is 1. The van der Waals surface area contributed by atoms with E-state index in [1.807, 2.05) is 12.1 Å². The van der Waals surface area contributed by atoms with Crippen molar-refractivity contribution in [2.24, 2.45) is 5.73 Å². The molecule has 9 nitrogen and oxygen atoms in total. The number of aryl methyl sites for hydroxylation is 2. The van der Waals surface area contributed by atoms with E-state index in [1.54, 1.807) is 12.1 Å². The molecule has 2 rings (SSSR count). The molecule has 0 amide bonds. The Morgan fingerprint density at radius 2 is 1.59 bits per heavy atom. The van der Waals surface area contributed by atoms with Crippen LogP contribution in [0.4, 0.5) is 0 Å². The van der Waals surface area contributed by atoms with Gasteiger partial charge in [-0.05, 0) is 68.0 Å². The predicted molar refractivity (Wildman–Crippen MR) is 153 cm³/mol. The highest BCUT2D eigenvalue weighted by Crippen LogP contribution is 2.45. The highest BCUT2D eigenvalue weighted by molar-refractivity contribution is 7.52. The van der Waals surface area contributed by atoms with Gasteiger partial charge in [0.2, 0.25) is 0 Å². The first-order valence-electron chi connectivity index (χ1n) is 13.7. The lowest BCUT2D eigenvalue weighted by Gasteiger charge is -2.30. The van der Waals surface area contributed by atoms with E-state index in [0.717, 1.165) is 18.4 Å². The van der Waals surface area contributed by atoms with Crippen LogP contribution in [0.2, 0.25) is 0 Å². The molecule has 0 fully saturated rings. The van der Waals surface area contributed by atoms with E-state index in [-0.39, 0.29) is 12.4 Å². The van der Waals surface area contributed by atoms with Crippen LogP contribution in [0.15, 0.2) is 48.5 Å². The Balaban J connectivity index is 2.05. The van der Waals surface area contributed by atoms with Crippen LogP contribution < -0.4 is 20.1 Å². The van der Waals surface area contributed by atoms with Crippen LogP contribution >= 0.6 is 7.75 Å². The summed E-state index contributed by atoms with van der Waals surface area (Å²) in [5.74, 6) is -0.456. The summed E-state index contributed by atoms with van der Waals surface area (Å²) in [5, 5.41) is 21.9. The molecule has 39 heavy (non-hydrogen) atoms. The number of benzene rings is 2. The molecule has 0 saturated carbocycles. The van der Waals surface area contributed by atoms with Crippen LogP contribution in [0, 0.1) is 0 Å². The van der Waals surface area contributed by atoms with Gasteiger partial charge in [-0.1, -0.05) is 63.3 Å². The lowest BCUT2D eigenvalue weighted by molar-refractivity contribution is -0.138. The van der Waals surface area contributed by atoms with Crippen molar-refractivity contribution in [2.45, 2.75) is 83.2 Å². The number of hydrogen-bond donors (Lipinski definition) is 4. The monoisotopic (exact) mass is 564 g/mol. The normalized spacial score (nSPS) is 15.2. The molecule has 0 aliphatic carbocycles. The fourth-order valence-corrected chi connectivity index (χ4v) is 5.68. The number of carboxylic acid groups (broad SMARTS) is 1. The number of nitrogens with two attached hydrogens (primary N) is 1. The summed E-state index contributed by atoms with van der Waals surface area (Å²) in [7, 11) is -2.66. The summed E-state index contributed by atoms with van der Waals surface area (Å²) in [6, 6.07) is 13.3. The highest BCUT2D eigenvalue weighted by Gasteiger charge is 2.35. The minimum Gasteiger partial charge on any atom is -0.497 e. The second kappa shape index (κ2) is 16.6. The molecule has 10 heteroatoms. The number of hydrogen-bond acceptors (Lipinski definition) is 7. The van der Waals surface area contributed by atoms with Gasteiger partial charge in [-0.2, -0.15) is 5.09 Å². The van der Waals surface area contributed by atoms with Gasteiger partial charge in [0.15, 0.2) is 0 Å². The van der Waals surface area contributed by atoms with Gasteiger partial charge in [-0.3, -0.25) is 9.32 Å². The fraction of sp³-hybridized carbons (Fsp3) is 0.552. The summed E-state index contributed by atoms with van der Waals surface area (Å²) in [6.45, 7) is 2.82. The second-order valence-corrected chi connectivity index (χ2v) is 11.7. The third-order valence-corrected chi connectivity index (χ3v) is 8.28. The maximum Gasteiger partial charge on any atom is 0.459 e. The standard InChI is InChI=1S/C29H45N2O7P/c1-4-5-6-7-8-9-12-24-13-10-11-14-25(24)19-20-29(30,21-32)22-37-39(35,31-23(2)28(33)34)38-27-17-15-26(36-3)16-18-27/h10-11,13-18,23,32H,4-9,12,19-22,30H2,1-3H3,(H,31,35)(H,33,34)/t23-,29?,39?/m0/s1. The largest absolute Gasteiger partial charge is 0.497 e. The van der Waals surface area contributed by atoms with Crippen LogP contribution in [-0.4, -0.2) is 48.1 Å². The number of ether oxygens (including phenoxy) is 1. The first kappa shape index (κ1) is 32.8. The number of rotatable bonds is 20. The number of aliphatic hydroxyl groups excluding tert-OH is 1. The topological polar surface area (TPSA) is 140 Å². The van der Waals surface area contributed by atoms with Gasteiger partial charge in [-0.15, -0.1) is 0 Å². The van der Waals surface area contributed by atoms with E-state index in [2.05, 4.69) is 24.1 Å². The van der Waals surface area contributed by atoms with Gasteiger partial charge in [0.25, 0.3) is 0 Å². The van der Waals surface area contributed by atoms with Crippen LogP contribution in [0.1, 0.15) is 69.9 Å². The van der Waals surface area contributed by atoms with Crippen molar-refractivity contribution >= 4 is 13.7 Å². The Kier molecular flexibility index (Phi) is 14.0. The number of nitrogens with one attached hydrogen (secondary N) is 1. The molecule has 0 aliphatic rings. The molecule has 0 spiro atoms. The predicted octanol–water partition coefficient (Wildman–Crippen LogP) is 5.49. The molecule has 0 bridgehead atoms. The van der Waals surface area contributed by atoms with E-state index in [4.69, 9.17) is 19.5 Å². The molecule has 3 atom stereocenters. The SMILES string of the molecule is CCCCCCCCc1ccccc1CCC(N)(CO)COP(=O)(N[C@@H](C)C(=O)O)Oc1ccc(OC)cc1. The quantitative estimate of drug-likeness (QED) is 0.121. The Morgan fingerprint density at radius 1 is 1.00 bits per heavy atom. The number of aliphatic hydroxyl groups is 1. The third-order valence-electron chi connectivity index (χ3n) is 6.65. The Labute approximate surface area is 232 Å². The van der Waals surface area contributed by atoms with E-state index in [1.165, 1.54) is 63.8 Å². The molecular weight excluding hydrogens is 519 g/mol. The van der Waals surface area contributed by atoms with E-state index in [0.29, 0.717) is 18.6 Å². The minimum atomic E-state index is -4.18. The molecule has 2 aromatic carbocycles. The zero-order chi connectivity index (χ0) is 28.7. The van der Waals surface area contributed by atoms with Crippen LogP contribution in [0.25, 0.3) is 0 Å². The molecule has 0 aliphatic heterocycles. The summed E-state index contributed by atoms with van der Waals surface area (Å²) < 4.78 is 29.9. The number of unbranched alkanes of at least 4 members (excludes halogenated alkanes) is 5. The number of carbonyl (C=O) groups is 1. The Bertz CT molecular complexity index is 1050. The summed E-state index contributed by atoms with van der Waals surface area (Å²) >= 11 is 0. The minimum absolute atomic E-state index is 0.194. The van der Waals surface area contributed by atoms with Gasteiger partial charge < -0.3 is 25.2 Å².